The Labute approximate surface area is 125 Å². The SMILES string of the molecule is CCC[C@]1(CO)O[C@@H](n2cnc3c(N)nc(F)nc32)C[C@@H]1O. The van der Waals surface area contributed by atoms with E-state index in [0.717, 1.165) is 6.42 Å². The number of anilines is 1. The molecule has 0 aromatic carbocycles. The first kappa shape index (κ1) is 15.1. The average molecular weight is 311 g/mol. The molecule has 3 rings (SSSR count). The Hall–Kier alpha value is -1.84. The monoisotopic (exact) mass is 311 g/mol. The molecule has 2 aromatic heterocycles. The highest BCUT2D eigenvalue weighted by Crippen LogP contribution is 2.40. The highest BCUT2D eigenvalue weighted by Gasteiger charge is 2.48. The zero-order valence-corrected chi connectivity index (χ0v) is 12.1. The Balaban J connectivity index is 1.99. The molecule has 0 bridgehead atoms. The summed E-state index contributed by atoms with van der Waals surface area (Å²) in [5.41, 5.74) is 5.08. The van der Waals surface area contributed by atoms with Crippen LogP contribution in [0.2, 0.25) is 0 Å². The van der Waals surface area contributed by atoms with Crippen LogP contribution in [0.3, 0.4) is 0 Å². The number of ether oxygens (including phenoxy) is 1. The maximum Gasteiger partial charge on any atom is 0.312 e. The van der Waals surface area contributed by atoms with E-state index in [1.54, 1.807) is 0 Å². The predicted molar refractivity (Wildman–Crippen MR) is 75.2 cm³/mol. The smallest absolute Gasteiger partial charge is 0.312 e. The van der Waals surface area contributed by atoms with E-state index in [4.69, 9.17) is 10.5 Å². The number of nitrogens with two attached hydrogens (primary N) is 1. The summed E-state index contributed by atoms with van der Waals surface area (Å²) in [7, 11) is 0. The Morgan fingerprint density at radius 3 is 3.00 bits per heavy atom. The third-order valence-electron chi connectivity index (χ3n) is 4.08. The van der Waals surface area contributed by atoms with Crippen LogP contribution in [0.25, 0.3) is 11.2 Å². The number of aliphatic hydroxyl groups is 2. The van der Waals surface area contributed by atoms with E-state index in [0.29, 0.717) is 6.42 Å². The molecule has 9 heteroatoms. The lowest BCUT2D eigenvalue weighted by Crippen LogP contribution is -2.42. The van der Waals surface area contributed by atoms with Crippen molar-refractivity contribution in [3.8, 4) is 0 Å². The maximum absolute atomic E-state index is 13.4. The summed E-state index contributed by atoms with van der Waals surface area (Å²) in [6.45, 7) is 1.65. The standard InChI is InChI=1S/C13H18FN5O3/c1-2-3-13(5-20)7(21)4-8(22-13)19-6-16-9-10(15)17-12(14)18-11(9)19/h6-8,20-21H,2-5H2,1H3,(H2,15,17,18)/t7-,8+,13+/m0/s1. The molecular weight excluding hydrogens is 293 g/mol. The molecule has 0 unspecified atom stereocenters. The summed E-state index contributed by atoms with van der Waals surface area (Å²) in [4.78, 5) is 11.2. The van der Waals surface area contributed by atoms with E-state index in [2.05, 4.69) is 15.0 Å². The summed E-state index contributed by atoms with van der Waals surface area (Å²) in [6, 6.07) is 0. The Morgan fingerprint density at radius 2 is 2.32 bits per heavy atom. The molecule has 120 valence electrons. The summed E-state index contributed by atoms with van der Waals surface area (Å²) in [6.07, 6.45) is 0.547. The molecule has 2 aromatic rings. The number of aliphatic hydroxyl groups excluding tert-OH is 2. The van der Waals surface area contributed by atoms with Crippen molar-refractivity contribution < 1.29 is 19.3 Å². The van der Waals surface area contributed by atoms with Gasteiger partial charge in [0.1, 0.15) is 11.8 Å². The van der Waals surface area contributed by atoms with Gasteiger partial charge in [0.25, 0.3) is 0 Å². The van der Waals surface area contributed by atoms with E-state index >= 15 is 0 Å². The van der Waals surface area contributed by atoms with Crippen molar-refractivity contribution in [1.29, 1.82) is 0 Å². The van der Waals surface area contributed by atoms with Crippen molar-refractivity contribution in [2.45, 2.75) is 44.1 Å². The number of rotatable bonds is 4. The fourth-order valence-electron chi connectivity index (χ4n) is 2.97. The molecule has 4 N–H and O–H groups in total. The van der Waals surface area contributed by atoms with Gasteiger partial charge in [-0.3, -0.25) is 4.57 Å². The quantitative estimate of drug-likeness (QED) is 0.697. The normalized spacial score (nSPS) is 28.5. The molecule has 1 aliphatic heterocycles. The van der Waals surface area contributed by atoms with Gasteiger partial charge in [0.15, 0.2) is 17.0 Å². The number of halogens is 1. The van der Waals surface area contributed by atoms with Gasteiger partial charge in [-0.2, -0.15) is 14.4 Å². The minimum atomic E-state index is -1.02. The minimum Gasteiger partial charge on any atom is -0.393 e. The highest BCUT2D eigenvalue weighted by atomic mass is 19.1. The molecular formula is C13H18FN5O3. The van der Waals surface area contributed by atoms with Gasteiger partial charge in [0, 0.05) is 6.42 Å². The largest absolute Gasteiger partial charge is 0.393 e. The van der Waals surface area contributed by atoms with Crippen LogP contribution in [-0.2, 0) is 4.74 Å². The van der Waals surface area contributed by atoms with E-state index < -0.39 is 24.0 Å². The Bertz CT molecular complexity index is 694. The fraction of sp³-hybridized carbons (Fsp3) is 0.615. The summed E-state index contributed by atoms with van der Waals surface area (Å²) < 4.78 is 20.8. The van der Waals surface area contributed by atoms with Crippen LogP contribution in [0.1, 0.15) is 32.4 Å². The van der Waals surface area contributed by atoms with Gasteiger partial charge in [0.2, 0.25) is 0 Å². The molecule has 3 heterocycles. The summed E-state index contributed by atoms with van der Waals surface area (Å²) in [5.74, 6) is -0.0539. The molecule has 0 spiro atoms. The number of imidazole rings is 1. The van der Waals surface area contributed by atoms with Crippen molar-refractivity contribution in [3.05, 3.63) is 12.4 Å². The second-order valence-electron chi connectivity index (χ2n) is 5.50. The molecule has 3 atom stereocenters. The van der Waals surface area contributed by atoms with Crippen molar-refractivity contribution in [1.82, 2.24) is 19.5 Å². The predicted octanol–water partition coefficient (Wildman–Crippen LogP) is 0.359. The molecule has 0 saturated carbocycles. The number of aromatic nitrogens is 4. The molecule has 1 fully saturated rings. The summed E-state index contributed by atoms with van der Waals surface area (Å²) >= 11 is 0. The lowest BCUT2D eigenvalue weighted by Gasteiger charge is -2.29. The van der Waals surface area contributed by atoms with Gasteiger partial charge in [0.05, 0.1) is 19.0 Å². The first-order valence-corrected chi connectivity index (χ1v) is 7.13. The number of hydrogen-bond donors (Lipinski definition) is 3. The zero-order chi connectivity index (χ0) is 15.9. The lowest BCUT2D eigenvalue weighted by molar-refractivity contribution is -0.131. The van der Waals surface area contributed by atoms with Crippen molar-refractivity contribution in [3.63, 3.8) is 0 Å². The van der Waals surface area contributed by atoms with Gasteiger partial charge < -0.3 is 20.7 Å². The minimum absolute atomic E-state index is 0.0539. The second-order valence-corrected chi connectivity index (χ2v) is 5.50. The van der Waals surface area contributed by atoms with Crippen molar-refractivity contribution >= 4 is 17.0 Å². The van der Waals surface area contributed by atoms with Crippen LogP contribution < -0.4 is 5.73 Å². The van der Waals surface area contributed by atoms with Gasteiger partial charge in [-0.05, 0) is 6.42 Å². The van der Waals surface area contributed by atoms with E-state index in [9.17, 15) is 14.6 Å². The van der Waals surface area contributed by atoms with Gasteiger partial charge in [-0.15, -0.1) is 0 Å². The molecule has 1 aliphatic rings. The zero-order valence-electron chi connectivity index (χ0n) is 12.1. The molecule has 22 heavy (non-hydrogen) atoms. The maximum atomic E-state index is 13.4. The van der Waals surface area contributed by atoms with Crippen LogP contribution >= 0.6 is 0 Å². The number of nitrogen functional groups attached to an aromatic ring is 1. The molecule has 1 saturated heterocycles. The number of fused-ring (bicyclic) bond motifs is 1. The third kappa shape index (κ3) is 2.21. The van der Waals surface area contributed by atoms with E-state index in [1.807, 2.05) is 6.92 Å². The fourth-order valence-corrected chi connectivity index (χ4v) is 2.97. The third-order valence-corrected chi connectivity index (χ3v) is 4.08. The van der Waals surface area contributed by atoms with Crippen LogP contribution in [0.15, 0.2) is 6.33 Å². The van der Waals surface area contributed by atoms with Crippen molar-refractivity contribution in [2.24, 2.45) is 0 Å². The first-order valence-electron chi connectivity index (χ1n) is 7.13. The molecule has 0 aliphatic carbocycles. The van der Waals surface area contributed by atoms with E-state index in [1.165, 1.54) is 10.9 Å². The molecule has 0 radical (unpaired) electrons. The Kier molecular flexibility index (Phi) is 3.71. The van der Waals surface area contributed by atoms with Crippen LogP contribution in [0.5, 0.6) is 0 Å². The molecule has 0 amide bonds. The van der Waals surface area contributed by atoms with Gasteiger partial charge in [-0.25, -0.2) is 4.98 Å². The molecule has 8 nitrogen and oxygen atoms in total. The van der Waals surface area contributed by atoms with Gasteiger partial charge >= 0.3 is 6.08 Å². The van der Waals surface area contributed by atoms with Gasteiger partial charge in [-0.1, -0.05) is 13.3 Å². The second kappa shape index (κ2) is 5.41. The highest BCUT2D eigenvalue weighted by molar-refractivity contribution is 5.81. The van der Waals surface area contributed by atoms with E-state index in [-0.39, 0.29) is 30.0 Å². The summed E-state index contributed by atoms with van der Waals surface area (Å²) in [5, 5.41) is 19.9. The number of nitrogens with zero attached hydrogens (tertiary/aromatic N) is 4. The average Bonchev–Trinajstić information content (AvgIpc) is 3.02. The van der Waals surface area contributed by atoms with Crippen LogP contribution in [0.4, 0.5) is 10.2 Å². The first-order chi connectivity index (χ1) is 10.5. The lowest BCUT2D eigenvalue weighted by atomic mass is 9.92. The topological polar surface area (TPSA) is 119 Å². The Morgan fingerprint density at radius 1 is 1.55 bits per heavy atom. The van der Waals surface area contributed by atoms with Crippen molar-refractivity contribution in [2.75, 3.05) is 12.3 Å². The van der Waals surface area contributed by atoms with Crippen LogP contribution in [0, 0.1) is 6.08 Å². The number of hydrogen-bond acceptors (Lipinski definition) is 7. The van der Waals surface area contributed by atoms with Crippen LogP contribution in [-0.4, -0.2) is 48.0 Å².